The van der Waals surface area contributed by atoms with E-state index in [9.17, 15) is 5.11 Å². The summed E-state index contributed by atoms with van der Waals surface area (Å²) in [4.78, 5) is 4.74. The first-order valence-electron chi connectivity index (χ1n) is 7.67. The molecule has 0 aliphatic heterocycles. The zero-order valence-corrected chi connectivity index (χ0v) is 13.4. The fourth-order valence-electron chi connectivity index (χ4n) is 2.64. The Hall–Kier alpha value is -0.160. The van der Waals surface area contributed by atoms with Crippen LogP contribution >= 0.6 is 0 Å². The Bertz CT molecular complexity index is 256. The van der Waals surface area contributed by atoms with Gasteiger partial charge < -0.3 is 15.3 Å². The average Bonchev–Trinajstić information content (AvgIpc) is 3.12. The van der Waals surface area contributed by atoms with Gasteiger partial charge in [0.15, 0.2) is 0 Å². The van der Waals surface area contributed by atoms with Gasteiger partial charge in [0.1, 0.15) is 0 Å². The minimum Gasteiger partial charge on any atom is -0.394 e. The summed E-state index contributed by atoms with van der Waals surface area (Å²) < 4.78 is 0. The minimum absolute atomic E-state index is 0.119. The summed E-state index contributed by atoms with van der Waals surface area (Å²) in [5.74, 6) is 0. The number of hydrogen-bond acceptors (Lipinski definition) is 4. The molecule has 1 fully saturated rings. The summed E-state index contributed by atoms with van der Waals surface area (Å²) >= 11 is 0. The van der Waals surface area contributed by atoms with Crippen molar-refractivity contribution < 1.29 is 5.11 Å². The van der Waals surface area contributed by atoms with E-state index in [1.54, 1.807) is 0 Å². The SMILES string of the molecule is CCN(CCC(C)(CO)NC1CC1)C(C)CN(C)C. The van der Waals surface area contributed by atoms with E-state index in [1.807, 2.05) is 0 Å². The monoisotopic (exact) mass is 271 g/mol. The van der Waals surface area contributed by atoms with E-state index in [2.05, 4.69) is 50.0 Å². The Balaban J connectivity index is 2.41. The van der Waals surface area contributed by atoms with Gasteiger partial charge in [-0.05, 0) is 53.8 Å². The molecule has 2 atom stereocenters. The van der Waals surface area contributed by atoms with Crippen LogP contribution in [0.1, 0.15) is 40.0 Å². The van der Waals surface area contributed by atoms with Crippen LogP contribution in [-0.4, -0.2) is 72.9 Å². The van der Waals surface area contributed by atoms with Crippen molar-refractivity contribution in [2.75, 3.05) is 40.3 Å². The van der Waals surface area contributed by atoms with E-state index >= 15 is 0 Å². The van der Waals surface area contributed by atoms with E-state index in [0.717, 1.165) is 26.1 Å². The van der Waals surface area contributed by atoms with Crippen molar-refractivity contribution in [1.82, 2.24) is 15.1 Å². The van der Waals surface area contributed by atoms with Crippen LogP contribution in [0.25, 0.3) is 0 Å². The topological polar surface area (TPSA) is 38.7 Å². The molecule has 0 radical (unpaired) electrons. The van der Waals surface area contributed by atoms with Crippen LogP contribution in [0.5, 0.6) is 0 Å². The van der Waals surface area contributed by atoms with Crippen LogP contribution in [0.4, 0.5) is 0 Å². The summed E-state index contributed by atoms with van der Waals surface area (Å²) in [7, 11) is 4.24. The first-order valence-corrected chi connectivity index (χ1v) is 7.67. The average molecular weight is 271 g/mol. The van der Waals surface area contributed by atoms with Crippen molar-refractivity contribution in [1.29, 1.82) is 0 Å². The maximum atomic E-state index is 9.64. The molecule has 0 saturated heterocycles. The predicted octanol–water partition coefficient (Wildman–Crippen LogP) is 1.15. The van der Waals surface area contributed by atoms with E-state index in [0.29, 0.717) is 12.1 Å². The van der Waals surface area contributed by atoms with Gasteiger partial charge in [0, 0.05) is 30.7 Å². The van der Waals surface area contributed by atoms with Gasteiger partial charge in [-0.2, -0.15) is 0 Å². The smallest absolute Gasteiger partial charge is 0.0611 e. The molecule has 0 amide bonds. The fourth-order valence-corrected chi connectivity index (χ4v) is 2.64. The lowest BCUT2D eigenvalue weighted by Crippen LogP contribution is -2.50. The number of nitrogens with zero attached hydrogens (tertiary/aromatic N) is 2. The molecule has 114 valence electrons. The van der Waals surface area contributed by atoms with Gasteiger partial charge in [0.25, 0.3) is 0 Å². The second kappa shape index (κ2) is 7.58. The minimum atomic E-state index is -0.119. The molecule has 0 spiro atoms. The highest BCUT2D eigenvalue weighted by atomic mass is 16.3. The number of rotatable bonds is 10. The number of aliphatic hydroxyl groups excluding tert-OH is 1. The van der Waals surface area contributed by atoms with Gasteiger partial charge in [0.2, 0.25) is 0 Å². The Kier molecular flexibility index (Phi) is 6.74. The summed E-state index contributed by atoms with van der Waals surface area (Å²) in [5.41, 5.74) is -0.119. The quantitative estimate of drug-likeness (QED) is 0.625. The lowest BCUT2D eigenvalue weighted by atomic mass is 9.98. The van der Waals surface area contributed by atoms with E-state index < -0.39 is 0 Å². The molecule has 1 saturated carbocycles. The van der Waals surface area contributed by atoms with Gasteiger partial charge >= 0.3 is 0 Å². The fraction of sp³-hybridized carbons (Fsp3) is 1.00. The van der Waals surface area contributed by atoms with Crippen LogP contribution in [0.15, 0.2) is 0 Å². The van der Waals surface area contributed by atoms with Crippen LogP contribution in [-0.2, 0) is 0 Å². The molecule has 0 aromatic rings. The molecular formula is C15H33N3O. The molecular weight excluding hydrogens is 238 g/mol. The third-order valence-electron chi connectivity index (χ3n) is 4.09. The zero-order chi connectivity index (χ0) is 14.5. The predicted molar refractivity (Wildman–Crippen MR) is 81.5 cm³/mol. The second-order valence-electron chi connectivity index (χ2n) is 6.63. The first kappa shape index (κ1) is 16.9. The van der Waals surface area contributed by atoms with E-state index in [-0.39, 0.29) is 12.1 Å². The van der Waals surface area contributed by atoms with Gasteiger partial charge in [-0.15, -0.1) is 0 Å². The summed E-state index contributed by atoms with van der Waals surface area (Å²) in [6.07, 6.45) is 3.54. The number of hydrogen-bond donors (Lipinski definition) is 2. The Morgan fingerprint density at radius 3 is 2.42 bits per heavy atom. The van der Waals surface area contributed by atoms with Crippen LogP contribution in [0.3, 0.4) is 0 Å². The van der Waals surface area contributed by atoms with Crippen LogP contribution < -0.4 is 5.32 Å². The molecule has 0 bridgehead atoms. The van der Waals surface area contributed by atoms with Crippen molar-refractivity contribution >= 4 is 0 Å². The molecule has 0 aromatic heterocycles. The number of likely N-dealkylation sites (N-methyl/N-ethyl adjacent to an activating group) is 2. The molecule has 0 aromatic carbocycles. The Labute approximate surface area is 119 Å². The standard InChI is InChI=1S/C15H33N3O/c1-6-18(13(2)11-17(4)5)10-9-15(3,12-19)16-14-7-8-14/h13-14,16,19H,6-12H2,1-5H3. The molecule has 1 aliphatic carbocycles. The molecule has 4 heteroatoms. The van der Waals surface area contributed by atoms with Gasteiger partial charge in [-0.1, -0.05) is 6.92 Å². The second-order valence-corrected chi connectivity index (χ2v) is 6.63. The highest BCUT2D eigenvalue weighted by Gasteiger charge is 2.32. The molecule has 2 unspecified atom stereocenters. The molecule has 1 rings (SSSR count). The lowest BCUT2D eigenvalue weighted by molar-refractivity contribution is 0.124. The van der Waals surface area contributed by atoms with Crippen molar-refractivity contribution in [3.05, 3.63) is 0 Å². The van der Waals surface area contributed by atoms with Gasteiger partial charge in [-0.3, -0.25) is 4.90 Å². The molecule has 19 heavy (non-hydrogen) atoms. The molecule has 4 nitrogen and oxygen atoms in total. The maximum Gasteiger partial charge on any atom is 0.0611 e. The van der Waals surface area contributed by atoms with E-state index in [4.69, 9.17) is 0 Å². The Morgan fingerprint density at radius 2 is 2.00 bits per heavy atom. The highest BCUT2D eigenvalue weighted by molar-refractivity contribution is 4.93. The third-order valence-corrected chi connectivity index (χ3v) is 4.09. The zero-order valence-electron chi connectivity index (χ0n) is 13.4. The third kappa shape index (κ3) is 6.21. The van der Waals surface area contributed by atoms with Crippen molar-refractivity contribution in [3.63, 3.8) is 0 Å². The number of nitrogens with one attached hydrogen (secondary N) is 1. The van der Waals surface area contributed by atoms with Crippen molar-refractivity contribution in [2.45, 2.75) is 57.7 Å². The van der Waals surface area contributed by atoms with Crippen LogP contribution in [0.2, 0.25) is 0 Å². The maximum absolute atomic E-state index is 9.64. The van der Waals surface area contributed by atoms with Gasteiger partial charge in [-0.25, -0.2) is 0 Å². The Morgan fingerprint density at radius 1 is 1.37 bits per heavy atom. The lowest BCUT2D eigenvalue weighted by Gasteiger charge is -2.35. The first-order chi connectivity index (χ1) is 8.90. The van der Waals surface area contributed by atoms with Crippen LogP contribution in [0, 0.1) is 0 Å². The molecule has 2 N–H and O–H groups in total. The summed E-state index contributed by atoms with van der Waals surface area (Å²) in [5, 5.41) is 13.2. The normalized spacial score (nSPS) is 20.8. The largest absolute Gasteiger partial charge is 0.394 e. The number of aliphatic hydroxyl groups is 1. The summed E-state index contributed by atoms with van der Waals surface area (Å²) in [6.45, 7) is 10.1. The van der Waals surface area contributed by atoms with Gasteiger partial charge in [0.05, 0.1) is 6.61 Å². The van der Waals surface area contributed by atoms with Crippen molar-refractivity contribution in [3.8, 4) is 0 Å². The molecule has 1 aliphatic rings. The highest BCUT2D eigenvalue weighted by Crippen LogP contribution is 2.24. The summed E-state index contributed by atoms with van der Waals surface area (Å²) in [6, 6.07) is 1.20. The van der Waals surface area contributed by atoms with E-state index in [1.165, 1.54) is 12.8 Å². The molecule has 0 heterocycles. The van der Waals surface area contributed by atoms with Crippen molar-refractivity contribution in [2.24, 2.45) is 0 Å².